The molecule has 2 aromatic rings. The fourth-order valence-corrected chi connectivity index (χ4v) is 1.91. The molecule has 0 saturated carbocycles. The van der Waals surface area contributed by atoms with E-state index < -0.39 is 29.6 Å². The Balaban J connectivity index is 2.04. The summed E-state index contributed by atoms with van der Waals surface area (Å²) in [6.45, 7) is 3.05. The molecular formula is C17H15F2NO4. The number of esters is 1. The van der Waals surface area contributed by atoms with Crippen LogP contribution in [0, 0.1) is 18.6 Å². The number of nitrogens with one attached hydrogen (secondary N) is 1. The van der Waals surface area contributed by atoms with E-state index in [1.807, 2.05) is 0 Å². The van der Waals surface area contributed by atoms with Crippen LogP contribution in [0.5, 0.6) is 5.75 Å². The molecule has 0 radical (unpaired) electrons. The van der Waals surface area contributed by atoms with Crippen LogP contribution >= 0.6 is 0 Å². The normalized spacial score (nSPS) is 11.7. The summed E-state index contributed by atoms with van der Waals surface area (Å²) in [4.78, 5) is 24.0. The minimum Gasteiger partial charge on any atom is -0.507 e. The number of hydrogen-bond donors (Lipinski definition) is 2. The summed E-state index contributed by atoms with van der Waals surface area (Å²) in [5.74, 6) is -4.01. The van der Waals surface area contributed by atoms with Crippen molar-refractivity contribution in [3.8, 4) is 5.75 Å². The highest BCUT2D eigenvalue weighted by atomic mass is 19.2. The lowest BCUT2D eigenvalue weighted by atomic mass is 10.1. The molecule has 5 nitrogen and oxygen atoms in total. The van der Waals surface area contributed by atoms with Crippen molar-refractivity contribution in [3.05, 3.63) is 59.2 Å². The molecule has 24 heavy (non-hydrogen) atoms. The second kappa shape index (κ2) is 7.08. The number of hydrogen-bond acceptors (Lipinski definition) is 4. The van der Waals surface area contributed by atoms with Gasteiger partial charge in [-0.2, -0.15) is 0 Å². The van der Waals surface area contributed by atoms with E-state index in [0.29, 0.717) is 0 Å². The second-order valence-corrected chi connectivity index (χ2v) is 5.19. The van der Waals surface area contributed by atoms with Crippen molar-refractivity contribution in [2.75, 3.05) is 5.32 Å². The van der Waals surface area contributed by atoms with Crippen LogP contribution in [0.2, 0.25) is 0 Å². The van der Waals surface area contributed by atoms with Gasteiger partial charge in [-0.05, 0) is 38.1 Å². The van der Waals surface area contributed by atoms with E-state index in [9.17, 15) is 23.5 Å². The molecule has 0 aromatic heterocycles. The van der Waals surface area contributed by atoms with Crippen molar-refractivity contribution >= 4 is 17.6 Å². The topological polar surface area (TPSA) is 75.6 Å². The molecule has 1 amide bonds. The molecule has 7 heteroatoms. The molecule has 0 aliphatic rings. The van der Waals surface area contributed by atoms with Gasteiger partial charge in [-0.15, -0.1) is 0 Å². The highest BCUT2D eigenvalue weighted by Gasteiger charge is 2.21. The highest BCUT2D eigenvalue weighted by Crippen LogP contribution is 2.20. The maximum Gasteiger partial charge on any atom is 0.342 e. The summed E-state index contributed by atoms with van der Waals surface area (Å²) in [7, 11) is 0. The van der Waals surface area contributed by atoms with Gasteiger partial charge in [-0.1, -0.05) is 11.6 Å². The molecule has 0 saturated heterocycles. The standard InChI is InChI=1S/C17H15F2NO4/c1-9-3-6-15(21)12(7-9)17(23)24-10(2)16(22)20-11-4-5-13(18)14(19)8-11/h3-8,10,21H,1-2H3,(H,20,22)/t10-/m1/s1. The first-order valence-electron chi connectivity index (χ1n) is 7.04. The molecule has 0 spiro atoms. The Morgan fingerprint density at radius 2 is 1.83 bits per heavy atom. The van der Waals surface area contributed by atoms with E-state index in [1.165, 1.54) is 25.1 Å². The van der Waals surface area contributed by atoms with E-state index in [2.05, 4.69) is 5.32 Å². The second-order valence-electron chi connectivity index (χ2n) is 5.19. The molecule has 0 unspecified atom stereocenters. The lowest BCUT2D eigenvalue weighted by molar-refractivity contribution is -0.123. The van der Waals surface area contributed by atoms with Crippen LogP contribution in [0.3, 0.4) is 0 Å². The number of aryl methyl sites for hydroxylation is 1. The van der Waals surface area contributed by atoms with Crippen LogP contribution in [0.1, 0.15) is 22.8 Å². The van der Waals surface area contributed by atoms with E-state index >= 15 is 0 Å². The number of carbonyl (C=O) groups is 2. The number of halogens is 2. The van der Waals surface area contributed by atoms with E-state index in [0.717, 1.165) is 17.7 Å². The first-order chi connectivity index (χ1) is 11.3. The molecule has 0 fully saturated rings. The van der Waals surface area contributed by atoms with Crippen molar-refractivity contribution in [1.82, 2.24) is 0 Å². The summed E-state index contributed by atoms with van der Waals surface area (Å²) < 4.78 is 30.9. The van der Waals surface area contributed by atoms with Crippen molar-refractivity contribution in [2.24, 2.45) is 0 Å². The number of aromatic hydroxyl groups is 1. The van der Waals surface area contributed by atoms with Gasteiger partial charge in [0.05, 0.1) is 0 Å². The van der Waals surface area contributed by atoms with Gasteiger partial charge in [0, 0.05) is 11.8 Å². The Bertz CT molecular complexity index is 792. The maximum atomic E-state index is 13.1. The van der Waals surface area contributed by atoms with Gasteiger partial charge < -0.3 is 15.2 Å². The lowest BCUT2D eigenvalue weighted by Gasteiger charge is -2.14. The molecule has 126 valence electrons. The Hall–Kier alpha value is -2.96. The van der Waals surface area contributed by atoms with Crippen molar-refractivity contribution in [2.45, 2.75) is 20.0 Å². The first kappa shape index (κ1) is 17.4. The molecule has 1 atom stereocenters. The largest absolute Gasteiger partial charge is 0.507 e. The first-order valence-corrected chi connectivity index (χ1v) is 7.04. The third kappa shape index (κ3) is 4.07. The third-order valence-electron chi connectivity index (χ3n) is 3.21. The Kier molecular flexibility index (Phi) is 5.13. The van der Waals surface area contributed by atoms with Gasteiger partial charge in [0.15, 0.2) is 17.7 Å². The SMILES string of the molecule is Cc1ccc(O)c(C(=O)O[C@H](C)C(=O)Nc2ccc(F)c(F)c2)c1. The maximum absolute atomic E-state index is 13.1. The molecule has 2 rings (SSSR count). The minimum absolute atomic E-state index is 0.0280. The number of phenolic OH excluding ortho intramolecular Hbond substituents is 1. The summed E-state index contributed by atoms with van der Waals surface area (Å²) in [6.07, 6.45) is -1.20. The summed E-state index contributed by atoms with van der Waals surface area (Å²) in [5, 5.41) is 12.0. The van der Waals surface area contributed by atoms with Crippen LogP contribution < -0.4 is 5.32 Å². The minimum atomic E-state index is -1.20. The average molecular weight is 335 g/mol. The third-order valence-corrected chi connectivity index (χ3v) is 3.21. The number of carbonyl (C=O) groups excluding carboxylic acids is 2. The van der Waals surface area contributed by atoms with Crippen LogP contribution in [0.4, 0.5) is 14.5 Å². The number of anilines is 1. The lowest BCUT2D eigenvalue weighted by Crippen LogP contribution is -2.30. The van der Waals surface area contributed by atoms with E-state index in [-0.39, 0.29) is 17.0 Å². The number of amides is 1. The Morgan fingerprint density at radius 1 is 1.12 bits per heavy atom. The predicted molar refractivity (Wildman–Crippen MR) is 82.7 cm³/mol. The number of ether oxygens (including phenoxy) is 1. The fourth-order valence-electron chi connectivity index (χ4n) is 1.91. The van der Waals surface area contributed by atoms with Crippen molar-refractivity contribution in [3.63, 3.8) is 0 Å². The zero-order chi connectivity index (χ0) is 17.9. The molecule has 0 aliphatic heterocycles. The fraction of sp³-hybridized carbons (Fsp3) is 0.176. The smallest absolute Gasteiger partial charge is 0.342 e. The highest BCUT2D eigenvalue weighted by molar-refractivity contribution is 5.98. The number of phenols is 1. The molecular weight excluding hydrogens is 320 g/mol. The predicted octanol–water partition coefficient (Wildman–Crippen LogP) is 3.16. The summed E-state index contributed by atoms with van der Waals surface area (Å²) in [6, 6.07) is 7.25. The zero-order valence-electron chi connectivity index (χ0n) is 13.0. The number of rotatable bonds is 4. The van der Waals surface area contributed by atoms with Crippen molar-refractivity contribution < 1.29 is 28.2 Å². The van der Waals surface area contributed by atoms with E-state index in [1.54, 1.807) is 13.0 Å². The zero-order valence-corrected chi connectivity index (χ0v) is 13.0. The van der Waals surface area contributed by atoms with Gasteiger partial charge in [-0.25, -0.2) is 13.6 Å². The van der Waals surface area contributed by atoms with Gasteiger partial charge in [0.1, 0.15) is 11.3 Å². The van der Waals surface area contributed by atoms with Gasteiger partial charge in [-0.3, -0.25) is 4.79 Å². The van der Waals surface area contributed by atoms with Gasteiger partial charge in [0.25, 0.3) is 5.91 Å². The number of benzene rings is 2. The van der Waals surface area contributed by atoms with Crippen LogP contribution in [-0.2, 0) is 9.53 Å². The van der Waals surface area contributed by atoms with Crippen molar-refractivity contribution in [1.29, 1.82) is 0 Å². The molecule has 0 aliphatic carbocycles. The molecule has 0 heterocycles. The molecule has 2 N–H and O–H groups in total. The quantitative estimate of drug-likeness (QED) is 0.842. The van der Waals surface area contributed by atoms with Crippen LogP contribution in [0.15, 0.2) is 36.4 Å². The summed E-state index contributed by atoms with van der Waals surface area (Å²) in [5.41, 5.74) is 0.696. The van der Waals surface area contributed by atoms with Gasteiger partial charge >= 0.3 is 5.97 Å². The Morgan fingerprint density at radius 3 is 2.50 bits per heavy atom. The summed E-state index contributed by atoms with van der Waals surface area (Å²) >= 11 is 0. The molecule has 0 bridgehead atoms. The van der Waals surface area contributed by atoms with Crippen LogP contribution in [0.25, 0.3) is 0 Å². The van der Waals surface area contributed by atoms with Crippen LogP contribution in [-0.4, -0.2) is 23.1 Å². The average Bonchev–Trinajstić information content (AvgIpc) is 2.53. The van der Waals surface area contributed by atoms with E-state index in [4.69, 9.17) is 4.74 Å². The van der Waals surface area contributed by atoms with Gasteiger partial charge in [0.2, 0.25) is 0 Å². The Labute approximate surface area is 136 Å². The monoisotopic (exact) mass is 335 g/mol. The molecule has 2 aromatic carbocycles.